The summed E-state index contributed by atoms with van der Waals surface area (Å²) in [6, 6.07) is 5.47. The fraction of sp³-hybridized carbons (Fsp3) is 0.400. The minimum Gasteiger partial charge on any atom is -0.310 e. The van der Waals surface area contributed by atoms with Crippen molar-refractivity contribution in [2.45, 2.75) is 32.7 Å². The first-order valence-corrected chi connectivity index (χ1v) is 7.45. The first-order valence-electron chi connectivity index (χ1n) is 6.57. The van der Waals surface area contributed by atoms with E-state index in [0.29, 0.717) is 0 Å². The second-order valence-electron chi connectivity index (χ2n) is 4.70. The molecule has 2 rings (SSSR count). The van der Waals surface area contributed by atoms with Gasteiger partial charge in [-0.1, -0.05) is 19.1 Å². The van der Waals surface area contributed by atoms with Gasteiger partial charge in [0.2, 0.25) is 0 Å². The third kappa shape index (κ3) is 3.85. The topological polar surface area (TPSA) is 24.9 Å². The molecule has 0 spiro atoms. The fourth-order valence-electron chi connectivity index (χ4n) is 2.07. The van der Waals surface area contributed by atoms with E-state index in [4.69, 9.17) is 0 Å². The number of nitrogens with one attached hydrogen (secondary N) is 1. The molecule has 1 atom stereocenters. The zero-order valence-electron chi connectivity index (χ0n) is 11.3. The molecule has 0 aliphatic carbocycles. The van der Waals surface area contributed by atoms with Crippen molar-refractivity contribution >= 4 is 11.3 Å². The van der Waals surface area contributed by atoms with Gasteiger partial charge in [-0.3, -0.25) is 4.98 Å². The third-order valence-corrected chi connectivity index (χ3v) is 3.86. The Bertz CT molecular complexity index is 511. The standard InChI is InChI=1S/C15H19FN2S/c1-3-6-18-15(8-12-9-17-10-19-12)13-5-4-11(2)7-14(13)16/h4-5,7,9-10,15,18H,3,6,8H2,1-2H3. The van der Waals surface area contributed by atoms with Crippen LogP contribution in [0.1, 0.15) is 35.4 Å². The van der Waals surface area contributed by atoms with Crippen molar-refractivity contribution in [1.29, 1.82) is 0 Å². The Morgan fingerprint density at radius 3 is 2.89 bits per heavy atom. The van der Waals surface area contributed by atoms with Crippen LogP contribution in [0.25, 0.3) is 0 Å². The molecule has 2 aromatic rings. The Kier molecular flexibility index (Phi) is 5.05. The summed E-state index contributed by atoms with van der Waals surface area (Å²) in [6.45, 7) is 4.91. The SMILES string of the molecule is CCCNC(Cc1cncs1)c1ccc(C)cc1F. The Morgan fingerprint density at radius 2 is 2.26 bits per heavy atom. The number of aromatic nitrogens is 1. The van der Waals surface area contributed by atoms with Crippen molar-refractivity contribution in [2.75, 3.05) is 6.54 Å². The summed E-state index contributed by atoms with van der Waals surface area (Å²) in [6.07, 6.45) is 3.68. The summed E-state index contributed by atoms with van der Waals surface area (Å²) in [4.78, 5) is 5.26. The van der Waals surface area contributed by atoms with Crippen LogP contribution in [0.3, 0.4) is 0 Å². The zero-order valence-corrected chi connectivity index (χ0v) is 12.1. The van der Waals surface area contributed by atoms with Crippen LogP contribution in [0.2, 0.25) is 0 Å². The van der Waals surface area contributed by atoms with Gasteiger partial charge in [0.15, 0.2) is 0 Å². The average Bonchev–Trinajstić information content (AvgIpc) is 2.88. The molecular weight excluding hydrogens is 259 g/mol. The molecule has 102 valence electrons. The number of nitrogens with zero attached hydrogens (tertiary/aromatic N) is 1. The van der Waals surface area contributed by atoms with E-state index in [1.54, 1.807) is 17.4 Å². The van der Waals surface area contributed by atoms with Crippen LogP contribution >= 0.6 is 11.3 Å². The van der Waals surface area contributed by atoms with Gasteiger partial charge in [0.25, 0.3) is 0 Å². The van der Waals surface area contributed by atoms with Crippen LogP contribution in [0.15, 0.2) is 29.9 Å². The molecule has 0 fully saturated rings. The normalized spacial score (nSPS) is 12.6. The largest absolute Gasteiger partial charge is 0.310 e. The van der Waals surface area contributed by atoms with Gasteiger partial charge in [0, 0.05) is 29.1 Å². The van der Waals surface area contributed by atoms with Gasteiger partial charge in [-0.15, -0.1) is 11.3 Å². The smallest absolute Gasteiger partial charge is 0.128 e. The Hall–Kier alpha value is -1.26. The molecule has 0 radical (unpaired) electrons. The van der Waals surface area contributed by atoms with Crippen LogP contribution in [0.5, 0.6) is 0 Å². The molecule has 0 saturated carbocycles. The maximum absolute atomic E-state index is 14.1. The van der Waals surface area contributed by atoms with Gasteiger partial charge in [0.1, 0.15) is 5.82 Å². The van der Waals surface area contributed by atoms with Crippen molar-refractivity contribution in [3.8, 4) is 0 Å². The van der Waals surface area contributed by atoms with Gasteiger partial charge in [0.05, 0.1) is 5.51 Å². The summed E-state index contributed by atoms with van der Waals surface area (Å²) in [5, 5.41) is 3.42. The van der Waals surface area contributed by atoms with Crippen LogP contribution < -0.4 is 5.32 Å². The predicted octanol–water partition coefficient (Wildman–Crippen LogP) is 3.87. The number of hydrogen-bond donors (Lipinski definition) is 1. The minimum absolute atomic E-state index is 0.0148. The number of rotatable bonds is 6. The van der Waals surface area contributed by atoms with E-state index in [-0.39, 0.29) is 11.9 Å². The van der Waals surface area contributed by atoms with E-state index >= 15 is 0 Å². The first kappa shape index (κ1) is 14.2. The van der Waals surface area contributed by atoms with Crippen LogP contribution in [0.4, 0.5) is 4.39 Å². The molecule has 1 aromatic heterocycles. The van der Waals surface area contributed by atoms with Crippen molar-refractivity contribution < 1.29 is 4.39 Å². The zero-order chi connectivity index (χ0) is 13.7. The second-order valence-corrected chi connectivity index (χ2v) is 5.67. The van der Waals surface area contributed by atoms with Crippen LogP contribution in [-0.4, -0.2) is 11.5 Å². The molecule has 1 unspecified atom stereocenters. The summed E-state index contributed by atoms with van der Waals surface area (Å²) in [5.74, 6) is -0.127. The van der Waals surface area contributed by atoms with Crippen molar-refractivity contribution in [2.24, 2.45) is 0 Å². The average molecular weight is 278 g/mol. The van der Waals surface area contributed by atoms with E-state index in [0.717, 1.165) is 30.5 Å². The molecule has 1 aromatic carbocycles. The Labute approximate surface area is 117 Å². The molecule has 2 nitrogen and oxygen atoms in total. The lowest BCUT2D eigenvalue weighted by molar-refractivity contribution is 0.499. The van der Waals surface area contributed by atoms with Crippen LogP contribution in [-0.2, 0) is 6.42 Å². The van der Waals surface area contributed by atoms with Crippen molar-refractivity contribution in [3.63, 3.8) is 0 Å². The quantitative estimate of drug-likeness (QED) is 0.867. The molecule has 0 saturated heterocycles. The van der Waals surface area contributed by atoms with Gasteiger partial charge in [-0.2, -0.15) is 0 Å². The molecule has 0 amide bonds. The van der Waals surface area contributed by atoms with Crippen molar-refractivity contribution in [3.05, 3.63) is 51.7 Å². The van der Waals surface area contributed by atoms with Crippen molar-refractivity contribution in [1.82, 2.24) is 10.3 Å². The maximum Gasteiger partial charge on any atom is 0.128 e. The molecule has 4 heteroatoms. The minimum atomic E-state index is -0.127. The molecule has 19 heavy (non-hydrogen) atoms. The maximum atomic E-state index is 14.1. The lowest BCUT2D eigenvalue weighted by atomic mass is 10.0. The number of halogens is 1. The lowest BCUT2D eigenvalue weighted by Gasteiger charge is -2.19. The molecule has 0 aliphatic heterocycles. The highest BCUT2D eigenvalue weighted by molar-refractivity contribution is 7.09. The van der Waals surface area contributed by atoms with E-state index in [1.165, 1.54) is 4.88 Å². The molecular formula is C15H19FN2S. The van der Waals surface area contributed by atoms with E-state index in [9.17, 15) is 4.39 Å². The Balaban J connectivity index is 2.20. The summed E-state index contributed by atoms with van der Waals surface area (Å²) in [7, 11) is 0. The van der Waals surface area contributed by atoms with Gasteiger partial charge >= 0.3 is 0 Å². The first-order chi connectivity index (χ1) is 9.20. The number of benzene rings is 1. The monoisotopic (exact) mass is 278 g/mol. The lowest BCUT2D eigenvalue weighted by Crippen LogP contribution is -2.24. The highest BCUT2D eigenvalue weighted by Crippen LogP contribution is 2.23. The van der Waals surface area contributed by atoms with Crippen LogP contribution in [0, 0.1) is 12.7 Å². The molecule has 1 heterocycles. The number of thiazole rings is 1. The van der Waals surface area contributed by atoms with Gasteiger partial charge < -0.3 is 5.32 Å². The summed E-state index contributed by atoms with van der Waals surface area (Å²) < 4.78 is 14.1. The van der Waals surface area contributed by atoms with E-state index in [1.807, 2.05) is 30.8 Å². The van der Waals surface area contributed by atoms with E-state index < -0.39 is 0 Å². The summed E-state index contributed by atoms with van der Waals surface area (Å²) >= 11 is 1.61. The molecule has 0 bridgehead atoms. The summed E-state index contributed by atoms with van der Waals surface area (Å²) in [5.41, 5.74) is 3.51. The number of hydrogen-bond acceptors (Lipinski definition) is 3. The number of aryl methyl sites for hydroxylation is 1. The second kappa shape index (κ2) is 6.78. The highest BCUT2D eigenvalue weighted by Gasteiger charge is 2.16. The molecule has 0 aliphatic rings. The fourth-order valence-corrected chi connectivity index (χ4v) is 2.71. The van der Waals surface area contributed by atoms with Gasteiger partial charge in [-0.05, 0) is 31.5 Å². The highest BCUT2D eigenvalue weighted by atomic mass is 32.1. The van der Waals surface area contributed by atoms with Gasteiger partial charge in [-0.25, -0.2) is 4.39 Å². The van der Waals surface area contributed by atoms with E-state index in [2.05, 4.69) is 17.2 Å². The molecule has 1 N–H and O–H groups in total. The Morgan fingerprint density at radius 1 is 1.42 bits per heavy atom. The third-order valence-electron chi connectivity index (χ3n) is 3.06. The predicted molar refractivity (Wildman–Crippen MR) is 78.0 cm³/mol.